The molecule has 0 fully saturated rings. The maximum atomic E-state index is 4.61. The molecule has 2 heterocycles. The van der Waals surface area contributed by atoms with E-state index in [1.807, 2.05) is 40.6 Å². The zero-order valence-electron chi connectivity index (χ0n) is 13.6. The van der Waals surface area contributed by atoms with E-state index >= 15 is 0 Å². The molecule has 0 radical (unpaired) electrons. The van der Waals surface area contributed by atoms with Crippen LogP contribution in [0.2, 0.25) is 0 Å². The first kappa shape index (κ1) is 16.6. The van der Waals surface area contributed by atoms with E-state index in [-0.39, 0.29) is 4.75 Å². The van der Waals surface area contributed by atoms with Crippen molar-refractivity contribution in [3.63, 3.8) is 0 Å². The summed E-state index contributed by atoms with van der Waals surface area (Å²) in [5.74, 6) is 1.63. The Labute approximate surface area is 135 Å². The van der Waals surface area contributed by atoms with Crippen LogP contribution in [0.4, 0.5) is 0 Å². The van der Waals surface area contributed by atoms with Crippen LogP contribution in [0.3, 0.4) is 0 Å². The fourth-order valence-electron chi connectivity index (χ4n) is 1.86. The van der Waals surface area contributed by atoms with Crippen molar-refractivity contribution in [1.29, 1.82) is 0 Å². The lowest BCUT2D eigenvalue weighted by Crippen LogP contribution is -2.43. The fraction of sp³-hybridized carbons (Fsp3) is 0.533. The molecule has 2 aromatic heterocycles. The van der Waals surface area contributed by atoms with Gasteiger partial charge in [-0.25, -0.2) is 4.99 Å². The summed E-state index contributed by atoms with van der Waals surface area (Å²) in [7, 11) is 0. The average molecular weight is 320 g/mol. The molecule has 0 aromatic carbocycles. The minimum Gasteiger partial charge on any atom is -0.357 e. The van der Waals surface area contributed by atoms with E-state index in [9.17, 15) is 0 Å². The van der Waals surface area contributed by atoms with E-state index in [1.54, 1.807) is 0 Å². The van der Waals surface area contributed by atoms with Crippen molar-refractivity contribution in [2.75, 3.05) is 19.3 Å². The highest BCUT2D eigenvalue weighted by atomic mass is 32.2. The highest BCUT2D eigenvalue weighted by molar-refractivity contribution is 7.99. The Bertz CT molecular complexity index is 634. The largest absolute Gasteiger partial charge is 0.357 e. The number of aliphatic imine (C=N–C) groups is 1. The molecule has 0 spiro atoms. The number of guanidine groups is 1. The minimum atomic E-state index is 0.164. The quantitative estimate of drug-likeness (QED) is 0.629. The molecule has 0 atom stereocenters. The van der Waals surface area contributed by atoms with Gasteiger partial charge >= 0.3 is 0 Å². The molecule has 0 unspecified atom stereocenters. The van der Waals surface area contributed by atoms with Crippen molar-refractivity contribution in [2.24, 2.45) is 4.99 Å². The number of nitrogens with one attached hydrogen (secondary N) is 2. The lowest BCUT2D eigenvalue weighted by molar-refractivity contribution is 0.664. The molecule has 0 saturated carbocycles. The van der Waals surface area contributed by atoms with Crippen LogP contribution in [0.5, 0.6) is 0 Å². The summed E-state index contributed by atoms with van der Waals surface area (Å²) in [5.41, 5.74) is 0.842. The Morgan fingerprint density at radius 3 is 2.86 bits per heavy atom. The van der Waals surface area contributed by atoms with E-state index in [1.165, 1.54) is 0 Å². The third-order valence-corrected chi connectivity index (χ3v) is 4.59. The van der Waals surface area contributed by atoms with E-state index in [2.05, 4.69) is 52.9 Å². The van der Waals surface area contributed by atoms with Gasteiger partial charge in [0.15, 0.2) is 17.4 Å². The van der Waals surface area contributed by atoms with Gasteiger partial charge in [-0.3, -0.25) is 4.40 Å². The molecule has 0 amide bonds. The van der Waals surface area contributed by atoms with Crippen LogP contribution in [-0.2, 0) is 6.54 Å². The number of thioether (sulfide) groups is 1. The number of aromatic nitrogens is 3. The van der Waals surface area contributed by atoms with Gasteiger partial charge in [0.05, 0.1) is 0 Å². The van der Waals surface area contributed by atoms with Gasteiger partial charge in [-0.2, -0.15) is 11.8 Å². The molecule has 0 aliphatic rings. The maximum Gasteiger partial charge on any atom is 0.191 e. The van der Waals surface area contributed by atoms with Crippen molar-refractivity contribution >= 4 is 23.4 Å². The first-order valence-corrected chi connectivity index (χ1v) is 8.64. The van der Waals surface area contributed by atoms with Crippen molar-refractivity contribution in [1.82, 2.24) is 25.2 Å². The third-order valence-electron chi connectivity index (χ3n) is 3.34. The Morgan fingerprint density at radius 2 is 2.14 bits per heavy atom. The van der Waals surface area contributed by atoms with Gasteiger partial charge in [0.1, 0.15) is 6.54 Å². The second-order valence-electron chi connectivity index (χ2n) is 5.56. The first-order chi connectivity index (χ1) is 10.6. The molecule has 22 heavy (non-hydrogen) atoms. The maximum absolute atomic E-state index is 4.61. The number of rotatable bonds is 6. The summed E-state index contributed by atoms with van der Waals surface area (Å²) in [6.07, 6.45) is 4.07. The Morgan fingerprint density at radius 1 is 1.32 bits per heavy atom. The summed E-state index contributed by atoms with van der Waals surface area (Å²) in [4.78, 5) is 4.61. The van der Waals surface area contributed by atoms with Crippen LogP contribution in [0.25, 0.3) is 5.65 Å². The molecule has 2 aromatic rings. The highest BCUT2D eigenvalue weighted by Gasteiger charge is 2.16. The number of nitrogens with zero attached hydrogens (tertiary/aromatic N) is 4. The Kier molecular flexibility index (Phi) is 5.65. The van der Waals surface area contributed by atoms with Gasteiger partial charge in [0, 0.05) is 24.0 Å². The number of fused-ring (bicyclic) bond motifs is 1. The van der Waals surface area contributed by atoms with E-state index < -0.39 is 0 Å². The smallest absolute Gasteiger partial charge is 0.191 e. The van der Waals surface area contributed by atoms with Crippen LogP contribution < -0.4 is 10.6 Å². The first-order valence-electron chi connectivity index (χ1n) is 7.41. The molecule has 120 valence electrons. The molecular weight excluding hydrogens is 296 g/mol. The lowest BCUT2D eigenvalue weighted by Gasteiger charge is -2.23. The number of hydrogen-bond donors (Lipinski definition) is 2. The van der Waals surface area contributed by atoms with Gasteiger partial charge in [-0.15, -0.1) is 10.2 Å². The summed E-state index contributed by atoms with van der Waals surface area (Å²) < 4.78 is 2.12. The molecule has 2 N–H and O–H groups in total. The fourth-order valence-corrected chi connectivity index (χ4v) is 2.08. The molecular formula is C15H24N6S. The van der Waals surface area contributed by atoms with Crippen LogP contribution >= 0.6 is 11.8 Å². The van der Waals surface area contributed by atoms with Crippen molar-refractivity contribution < 1.29 is 0 Å². The molecule has 0 aliphatic carbocycles. The summed E-state index contributed by atoms with van der Waals surface area (Å²) >= 11 is 1.83. The number of pyridine rings is 1. The highest BCUT2D eigenvalue weighted by Crippen LogP contribution is 2.19. The summed E-state index contributed by atoms with van der Waals surface area (Å²) in [5, 5.41) is 15.0. The van der Waals surface area contributed by atoms with Crippen LogP contribution in [-0.4, -0.2) is 44.6 Å². The SMILES string of the molecule is CCNC(=NCc1nnc2ccccn12)NCC(C)(C)SC. The zero-order chi connectivity index (χ0) is 16.0. The second kappa shape index (κ2) is 7.49. The normalized spacial score (nSPS) is 12.6. The Balaban J connectivity index is 2.06. The van der Waals surface area contributed by atoms with Crippen LogP contribution in [0.1, 0.15) is 26.6 Å². The van der Waals surface area contributed by atoms with Gasteiger partial charge in [-0.05, 0) is 39.2 Å². The standard InChI is InChI=1S/C15H24N6S/c1-5-16-14(18-11-15(2,3)22-4)17-10-13-20-19-12-8-6-7-9-21(12)13/h6-9H,5,10-11H2,1-4H3,(H2,16,17,18). The molecule has 7 heteroatoms. The van der Waals surface area contributed by atoms with Crippen LogP contribution in [0, 0.1) is 0 Å². The van der Waals surface area contributed by atoms with E-state index in [0.29, 0.717) is 6.54 Å². The predicted molar refractivity (Wildman–Crippen MR) is 93.4 cm³/mol. The zero-order valence-corrected chi connectivity index (χ0v) is 14.4. The summed E-state index contributed by atoms with van der Waals surface area (Å²) in [6.45, 7) is 8.64. The van der Waals surface area contributed by atoms with E-state index in [4.69, 9.17) is 0 Å². The second-order valence-corrected chi connectivity index (χ2v) is 7.07. The monoisotopic (exact) mass is 320 g/mol. The van der Waals surface area contributed by atoms with Crippen LogP contribution in [0.15, 0.2) is 29.4 Å². The van der Waals surface area contributed by atoms with Crippen molar-refractivity contribution in [3.8, 4) is 0 Å². The lowest BCUT2D eigenvalue weighted by atomic mass is 10.2. The minimum absolute atomic E-state index is 0.164. The average Bonchev–Trinajstić information content (AvgIpc) is 2.93. The van der Waals surface area contributed by atoms with Gasteiger partial charge < -0.3 is 10.6 Å². The topological polar surface area (TPSA) is 66.6 Å². The Hall–Kier alpha value is -1.76. The van der Waals surface area contributed by atoms with Crippen molar-refractivity contribution in [3.05, 3.63) is 30.2 Å². The van der Waals surface area contributed by atoms with Gasteiger partial charge in [0.25, 0.3) is 0 Å². The van der Waals surface area contributed by atoms with E-state index in [0.717, 1.165) is 30.5 Å². The molecule has 0 aliphatic heterocycles. The molecule has 2 rings (SSSR count). The van der Waals surface area contributed by atoms with Gasteiger partial charge in [0.2, 0.25) is 0 Å². The third kappa shape index (κ3) is 4.37. The molecule has 0 saturated heterocycles. The van der Waals surface area contributed by atoms with Gasteiger partial charge in [-0.1, -0.05) is 6.07 Å². The predicted octanol–water partition coefficient (Wildman–Crippen LogP) is 1.93. The number of hydrogen-bond acceptors (Lipinski definition) is 4. The molecule has 6 nitrogen and oxygen atoms in total. The summed E-state index contributed by atoms with van der Waals surface area (Å²) in [6, 6.07) is 5.85. The van der Waals surface area contributed by atoms with Crippen molar-refractivity contribution in [2.45, 2.75) is 32.1 Å². The molecule has 0 bridgehead atoms.